The molecule has 1 saturated heterocycles. The fourth-order valence-corrected chi connectivity index (χ4v) is 4.69. The van der Waals surface area contributed by atoms with Crippen molar-refractivity contribution < 1.29 is 17.9 Å². The van der Waals surface area contributed by atoms with Gasteiger partial charge in [-0.1, -0.05) is 45.0 Å². The van der Waals surface area contributed by atoms with Gasteiger partial charge >= 0.3 is 5.97 Å². The van der Waals surface area contributed by atoms with Crippen LogP contribution in [-0.4, -0.2) is 31.8 Å². The lowest BCUT2D eigenvalue weighted by Crippen LogP contribution is -2.27. The first-order valence-corrected chi connectivity index (χ1v) is 11.0. The molecule has 6 heteroatoms. The van der Waals surface area contributed by atoms with Gasteiger partial charge in [-0.15, -0.1) is 0 Å². The first-order chi connectivity index (χ1) is 13.2. The van der Waals surface area contributed by atoms with E-state index in [0.717, 1.165) is 18.4 Å². The minimum absolute atomic E-state index is 0.0758. The second-order valence-electron chi connectivity index (χ2n) is 8.16. The molecule has 0 unspecified atom stereocenters. The summed E-state index contributed by atoms with van der Waals surface area (Å²) in [6.45, 7) is 7.73. The highest BCUT2D eigenvalue weighted by molar-refractivity contribution is 7.89. The Hall–Kier alpha value is -2.18. The quantitative estimate of drug-likeness (QED) is 0.707. The number of hydrogen-bond donors (Lipinski definition) is 0. The zero-order chi connectivity index (χ0) is 20.4. The lowest BCUT2D eigenvalue weighted by molar-refractivity contribution is 0.0472. The molecule has 1 aliphatic heterocycles. The van der Waals surface area contributed by atoms with Crippen LogP contribution in [0, 0.1) is 0 Å². The molecule has 150 valence electrons. The normalized spacial score (nSPS) is 15.5. The number of esters is 1. The molecule has 0 N–H and O–H groups in total. The Bertz CT molecular complexity index is 920. The summed E-state index contributed by atoms with van der Waals surface area (Å²) in [6, 6.07) is 14.0. The van der Waals surface area contributed by atoms with Crippen LogP contribution in [0.25, 0.3) is 0 Å². The highest BCUT2D eigenvalue weighted by atomic mass is 32.2. The van der Waals surface area contributed by atoms with Gasteiger partial charge in [-0.05, 0) is 53.6 Å². The molecule has 3 rings (SSSR count). The third-order valence-corrected chi connectivity index (χ3v) is 6.90. The van der Waals surface area contributed by atoms with E-state index in [0.29, 0.717) is 18.7 Å². The summed E-state index contributed by atoms with van der Waals surface area (Å²) in [5.41, 5.74) is 2.55. The van der Waals surface area contributed by atoms with Gasteiger partial charge in [0.15, 0.2) is 0 Å². The van der Waals surface area contributed by atoms with Gasteiger partial charge in [0.1, 0.15) is 6.61 Å². The SMILES string of the molecule is CC(C)(C)c1ccc(COC(=O)c2ccc(S(=O)(=O)N3CCCC3)cc2)cc1. The fourth-order valence-electron chi connectivity index (χ4n) is 3.17. The molecular weight excluding hydrogens is 374 g/mol. The van der Waals surface area contributed by atoms with Crippen molar-refractivity contribution in [3.8, 4) is 0 Å². The van der Waals surface area contributed by atoms with Crippen molar-refractivity contribution in [1.29, 1.82) is 0 Å². The van der Waals surface area contributed by atoms with E-state index in [9.17, 15) is 13.2 Å². The van der Waals surface area contributed by atoms with Gasteiger partial charge < -0.3 is 4.74 Å². The summed E-state index contributed by atoms with van der Waals surface area (Å²) in [4.78, 5) is 12.5. The minimum Gasteiger partial charge on any atom is -0.457 e. The Morgan fingerprint density at radius 3 is 2.07 bits per heavy atom. The first kappa shape index (κ1) is 20.6. The van der Waals surface area contributed by atoms with Crippen LogP contribution in [0.1, 0.15) is 55.1 Å². The van der Waals surface area contributed by atoms with Crippen LogP contribution in [0.5, 0.6) is 0 Å². The van der Waals surface area contributed by atoms with Gasteiger partial charge in [0.2, 0.25) is 10.0 Å². The molecule has 1 aliphatic rings. The van der Waals surface area contributed by atoms with Crippen molar-refractivity contribution in [3.63, 3.8) is 0 Å². The molecule has 0 aliphatic carbocycles. The van der Waals surface area contributed by atoms with Gasteiger partial charge in [-0.25, -0.2) is 13.2 Å². The fraction of sp³-hybridized carbons (Fsp3) is 0.409. The number of nitrogens with zero attached hydrogens (tertiary/aromatic N) is 1. The molecule has 28 heavy (non-hydrogen) atoms. The Labute approximate surface area is 167 Å². The molecule has 2 aromatic rings. The monoisotopic (exact) mass is 401 g/mol. The molecule has 0 atom stereocenters. The second-order valence-corrected chi connectivity index (χ2v) is 10.1. The maximum atomic E-state index is 12.5. The third kappa shape index (κ3) is 4.62. The highest BCUT2D eigenvalue weighted by Gasteiger charge is 2.27. The zero-order valence-corrected chi connectivity index (χ0v) is 17.5. The van der Waals surface area contributed by atoms with Crippen molar-refractivity contribution in [2.75, 3.05) is 13.1 Å². The van der Waals surface area contributed by atoms with Crippen molar-refractivity contribution in [1.82, 2.24) is 4.31 Å². The molecule has 1 fully saturated rings. The maximum absolute atomic E-state index is 12.5. The van der Waals surface area contributed by atoms with E-state index in [4.69, 9.17) is 4.74 Å². The van der Waals surface area contributed by atoms with Gasteiger partial charge in [-0.3, -0.25) is 0 Å². The summed E-state index contributed by atoms with van der Waals surface area (Å²) in [5, 5.41) is 0. The second kappa shape index (κ2) is 8.05. The number of benzene rings is 2. The molecule has 1 heterocycles. The predicted molar refractivity (Wildman–Crippen MR) is 109 cm³/mol. The summed E-state index contributed by atoms with van der Waals surface area (Å²) in [5.74, 6) is -0.468. The van der Waals surface area contributed by atoms with Crippen molar-refractivity contribution in [3.05, 3.63) is 65.2 Å². The Kier molecular flexibility index (Phi) is 5.91. The van der Waals surface area contributed by atoms with Gasteiger partial charge in [-0.2, -0.15) is 4.31 Å². The minimum atomic E-state index is -3.47. The third-order valence-electron chi connectivity index (χ3n) is 4.98. The van der Waals surface area contributed by atoms with Crippen molar-refractivity contribution in [2.24, 2.45) is 0 Å². The molecule has 0 spiro atoms. The van der Waals surface area contributed by atoms with Crippen LogP contribution >= 0.6 is 0 Å². The number of rotatable bonds is 5. The summed E-state index contributed by atoms with van der Waals surface area (Å²) >= 11 is 0. The van der Waals surface area contributed by atoms with E-state index in [1.54, 1.807) is 0 Å². The average Bonchev–Trinajstić information content (AvgIpc) is 3.21. The molecular formula is C22H27NO4S. The lowest BCUT2D eigenvalue weighted by Gasteiger charge is -2.19. The van der Waals surface area contributed by atoms with Crippen LogP contribution in [0.2, 0.25) is 0 Å². The average molecular weight is 402 g/mol. The zero-order valence-electron chi connectivity index (χ0n) is 16.6. The van der Waals surface area contributed by atoms with Gasteiger partial charge in [0.25, 0.3) is 0 Å². The van der Waals surface area contributed by atoms with E-state index in [1.165, 1.54) is 34.1 Å². The number of hydrogen-bond acceptors (Lipinski definition) is 4. The lowest BCUT2D eigenvalue weighted by atomic mass is 9.87. The van der Waals surface area contributed by atoms with Gasteiger partial charge in [0, 0.05) is 13.1 Å². The maximum Gasteiger partial charge on any atom is 0.338 e. The summed E-state index contributed by atoms with van der Waals surface area (Å²) in [7, 11) is -3.47. The Balaban J connectivity index is 1.62. The number of sulfonamides is 1. The standard InChI is InChI=1S/C22H27NO4S/c1-22(2,3)19-10-6-17(7-11-19)16-27-21(24)18-8-12-20(13-9-18)28(25,26)23-14-4-5-15-23/h6-13H,4-5,14-16H2,1-3H3. The smallest absolute Gasteiger partial charge is 0.338 e. The van der Waals surface area contributed by atoms with Crippen LogP contribution in [0.4, 0.5) is 0 Å². The van der Waals surface area contributed by atoms with E-state index >= 15 is 0 Å². The molecule has 0 saturated carbocycles. The van der Waals surface area contributed by atoms with Crippen LogP contribution in [0.15, 0.2) is 53.4 Å². The molecule has 0 bridgehead atoms. The molecule has 0 radical (unpaired) electrons. The molecule has 5 nitrogen and oxygen atoms in total. The Morgan fingerprint density at radius 2 is 1.54 bits per heavy atom. The van der Waals surface area contributed by atoms with E-state index in [2.05, 4.69) is 20.8 Å². The van der Waals surface area contributed by atoms with Crippen molar-refractivity contribution >= 4 is 16.0 Å². The first-order valence-electron chi connectivity index (χ1n) is 9.55. The number of carbonyl (C=O) groups excluding carboxylic acids is 1. The number of carbonyl (C=O) groups is 1. The topological polar surface area (TPSA) is 63.7 Å². The largest absolute Gasteiger partial charge is 0.457 e. The highest BCUT2D eigenvalue weighted by Crippen LogP contribution is 2.23. The summed E-state index contributed by atoms with van der Waals surface area (Å²) < 4.78 is 31.9. The molecule has 0 amide bonds. The predicted octanol–water partition coefficient (Wildman–Crippen LogP) is 4.13. The number of ether oxygens (including phenoxy) is 1. The van der Waals surface area contributed by atoms with Gasteiger partial charge in [0.05, 0.1) is 10.5 Å². The molecule has 2 aromatic carbocycles. The van der Waals surface area contributed by atoms with Crippen LogP contribution in [-0.2, 0) is 26.8 Å². The van der Waals surface area contributed by atoms with E-state index in [1.807, 2.05) is 24.3 Å². The van der Waals surface area contributed by atoms with Crippen LogP contribution in [0.3, 0.4) is 0 Å². The van der Waals surface area contributed by atoms with Crippen molar-refractivity contribution in [2.45, 2.75) is 50.5 Å². The van der Waals surface area contributed by atoms with E-state index in [-0.39, 0.29) is 16.9 Å². The van der Waals surface area contributed by atoms with Crippen LogP contribution < -0.4 is 0 Å². The Morgan fingerprint density at radius 1 is 0.964 bits per heavy atom. The van der Waals surface area contributed by atoms with E-state index < -0.39 is 16.0 Å². The molecule has 0 aromatic heterocycles. The summed E-state index contributed by atoms with van der Waals surface area (Å²) in [6.07, 6.45) is 1.78.